The number of anilines is 3. The molecule has 0 aliphatic heterocycles. The highest BCUT2D eigenvalue weighted by molar-refractivity contribution is 6.30. The second-order valence-electron chi connectivity index (χ2n) is 5.73. The van der Waals surface area contributed by atoms with Crippen molar-refractivity contribution in [1.29, 1.82) is 0 Å². The third-order valence-corrected chi connectivity index (χ3v) is 2.71. The molecular formula is C15H19ClN4. The Morgan fingerprint density at radius 2 is 1.70 bits per heavy atom. The van der Waals surface area contributed by atoms with Gasteiger partial charge in [0.2, 0.25) is 5.95 Å². The Morgan fingerprint density at radius 3 is 2.30 bits per heavy atom. The van der Waals surface area contributed by atoms with Crippen molar-refractivity contribution in [2.75, 3.05) is 10.6 Å². The van der Waals surface area contributed by atoms with Crippen molar-refractivity contribution in [3.63, 3.8) is 0 Å². The predicted octanol–water partition coefficient (Wildman–Crippen LogP) is 4.39. The average molecular weight is 291 g/mol. The number of aryl methyl sites for hydroxylation is 1. The highest BCUT2D eigenvalue weighted by Gasteiger charge is 2.12. The van der Waals surface area contributed by atoms with E-state index in [1.807, 2.05) is 37.3 Å². The zero-order valence-corrected chi connectivity index (χ0v) is 12.9. The number of nitrogens with one attached hydrogen (secondary N) is 2. The van der Waals surface area contributed by atoms with Crippen LogP contribution in [0.25, 0.3) is 0 Å². The second kappa shape index (κ2) is 5.67. The van der Waals surface area contributed by atoms with Gasteiger partial charge in [-0.2, -0.15) is 4.98 Å². The quantitative estimate of drug-likeness (QED) is 0.880. The number of hydrogen-bond acceptors (Lipinski definition) is 4. The molecule has 0 spiro atoms. The fourth-order valence-corrected chi connectivity index (χ4v) is 1.83. The molecule has 0 amide bonds. The first-order valence-electron chi connectivity index (χ1n) is 6.48. The largest absolute Gasteiger partial charge is 0.350 e. The third-order valence-electron chi connectivity index (χ3n) is 2.46. The molecule has 0 unspecified atom stereocenters. The molecule has 0 radical (unpaired) electrons. The number of hydrogen-bond donors (Lipinski definition) is 2. The summed E-state index contributed by atoms with van der Waals surface area (Å²) in [6.45, 7) is 8.17. The summed E-state index contributed by atoms with van der Waals surface area (Å²) in [6, 6.07) is 9.41. The van der Waals surface area contributed by atoms with Crippen molar-refractivity contribution in [3.8, 4) is 0 Å². The van der Waals surface area contributed by atoms with Gasteiger partial charge < -0.3 is 10.6 Å². The van der Waals surface area contributed by atoms with Crippen LogP contribution in [0.5, 0.6) is 0 Å². The molecule has 4 nitrogen and oxygen atoms in total. The maximum atomic E-state index is 5.87. The highest BCUT2D eigenvalue weighted by atomic mass is 35.5. The molecule has 2 aromatic rings. The van der Waals surface area contributed by atoms with Gasteiger partial charge in [-0.15, -0.1) is 0 Å². The summed E-state index contributed by atoms with van der Waals surface area (Å²) in [5.74, 6) is 1.38. The molecule has 106 valence electrons. The van der Waals surface area contributed by atoms with Crippen molar-refractivity contribution in [2.24, 2.45) is 0 Å². The van der Waals surface area contributed by atoms with E-state index in [-0.39, 0.29) is 5.54 Å². The molecule has 0 bridgehead atoms. The Morgan fingerprint density at radius 1 is 1.05 bits per heavy atom. The van der Waals surface area contributed by atoms with E-state index in [1.165, 1.54) is 0 Å². The zero-order valence-electron chi connectivity index (χ0n) is 12.2. The topological polar surface area (TPSA) is 49.8 Å². The molecule has 2 rings (SSSR count). The van der Waals surface area contributed by atoms with Crippen LogP contribution < -0.4 is 10.6 Å². The summed E-state index contributed by atoms with van der Waals surface area (Å²) in [4.78, 5) is 8.86. The Hall–Kier alpha value is -1.81. The van der Waals surface area contributed by atoms with Gasteiger partial charge in [-0.1, -0.05) is 11.6 Å². The molecule has 2 N–H and O–H groups in total. The Labute approximate surface area is 124 Å². The van der Waals surface area contributed by atoms with Gasteiger partial charge in [0.05, 0.1) is 0 Å². The van der Waals surface area contributed by atoms with Crippen molar-refractivity contribution in [2.45, 2.75) is 33.2 Å². The van der Waals surface area contributed by atoms with Gasteiger partial charge in [0.15, 0.2) is 0 Å². The van der Waals surface area contributed by atoms with Crippen molar-refractivity contribution < 1.29 is 0 Å². The van der Waals surface area contributed by atoms with Crippen LogP contribution in [0.4, 0.5) is 17.5 Å². The standard InChI is InChI=1S/C15H19ClN4/c1-10-9-13(18-12-7-5-11(16)6-8-12)19-14(17-10)20-15(2,3)4/h5-9H,1-4H3,(H2,17,18,19,20). The minimum Gasteiger partial charge on any atom is -0.350 e. The summed E-state index contributed by atoms with van der Waals surface area (Å²) < 4.78 is 0. The molecule has 0 saturated heterocycles. The van der Waals surface area contributed by atoms with E-state index in [2.05, 4.69) is 41.4 Å². The van der Waals surface area contributed by atoms with Crippen LogP contribution in [0.1, 0.15) is 26.5 Å². The molecule has 0 aliphatic rings. The zero-order chi connectivity index (χ0) is 14.8. The van der Waals surface area contributed by atoms with E-state index in [4.69, 9.17) is 11.6 Å². The molecule has 0 atom stereocenters. The summed E-state index contributed by atoms with van der Waals surface area (Å²) in [5, 5.41) is 7.23. The van der Waals surface area contributed by atoms with E-state index >= 15 is 0 Å². The van der Waals surface area contributed by atoms with E-state index in [9.17, 15) is 0 Å². The van der Waals surface area contributed by atoms with Gasteiger partial charge >= 0.3 is 0 Å². The summed E-state index contributed by atoms with van der Waals surface area (Å²) in [6.07, 6.45) is 0. The fraction of sp³-hybridized carbons (Fsp3) is 0.333. The maximum Gasteiger partial charge on any atom is 0.225 e. The van der Waals surface area contributed by atoms with Crippen LogP contribution in [-0.4, -0.2) is 15.5 Å². The van der Waals surface area contributed by atoms with Crippen molar-refractivity contribution in [1.82, 2.24) is 9.97 Å². The van der Waals surface area contributed by atoms with Crippen molar-refractivity contribution >= 4 is 29.1 Å². The number of halogens is 1. The van der Waals surface area contributed by atoms with Crippen LogP contribution in [0.15, 0.2) is 30.3 Å². The number of nitrogens with zero attached hydrogens (tertiary/aromatic N) is 2. The first-order chi connectivity index (χ1) is 9.32. The van der Waals surface area contributed by atoms with Crippen LogP contribution in [0.3, 0.4) is 0 Å². The number of aromatic nitrogens is 2. The normalized spacial score (nSPS) is 11.2. The molecular weight excluding hydrogens is 272 g/mol. The molecule has 0 aliphatic carbocycles. The van der Waals surface area contributed by atoms with Gasteiger partial charge in [0, 0.05) is 28.0 Å². The van der Waals surface area contributed by atoms with Gasteiger partial charge in [0.25, 0.3) is 0 Å². The third kappa shape index (κ3) is 4.38. The summed E-state index contributed by atoms with van der Waals surface area (Å²) in [5.41, 5.74) is 1.77. The van der Waals surface area contributed by atoms with Crippen LogP contribution in [0, 0.1) is 6.92 Å². The molecule has 1 aromatic heterocycles. The first-order valence-corrected chi connectivity index (χ1v) is 6.86. The Bertz CT molecular complexity index is 588. The lowest BCUT2D eigenvalue weighted by molar-refractivity contribution is 0.625. The molecule has 5 heteroatoms. The smallest absolute Gasteiger partial charge is 0.225 e. The second-order valence-corrected chi connectivity index (χ2v) is 6.16. The highest BCUT2D eigenvalue weighted by Crippen LogP contribution is 2.20. The van der Waals surface area contributed by atoms with Crippen LogP contribution in [-0.2, 0) is 0 Å². The van der Waals surface area contributed by atoms with Crippen LogP contribution in [0.2, 0.25) is 5.02 Å². The molecule has 1 heterocycles. The Balaban J connectivity index is 2.21. The predicted molar refractivity (Wildman–Crippen MR) is 84.9 cm³/mol. The lowest BCUT2D eigenvalue weighted by Crippen LogP contribution is -2.27. The Kier molecular flexibility index (Phi) is 4.14. The van der Waals surface area contributed by atoms with Crippen molar-refractivity contribution in [3.05, 3.63) is 41.0 Å². The fourth-order valence-electron chi connectivity index (χ4n) is 1.71. The summed E-state index contributed by atoms with van der Waals surface area (Å²) >= 11 is 5.87. The lowest BCUT2D eigenvalue weighted by Gasteiger charge is -2.21. The molecule has 20 heavy (non-hydrogen) atoms. The average Bonchev–Trinajstić information content (AvgIpc) is 2.29. The molecule has 1 aromatic carbocycles. The minimum absolute atomic E-state index is 0.0780. The minimum atomic E-state index is -0.0780. The molecule has 0 fully saturated rings. The van der Waals surface area contributed by atoms with Gasteiger partial charge in [0.1, 0.15) is 5.82 Å². The van der Waals surface area contributed by atoms with E-state index < -0.39 is 0 Å². The number of rotatable bonds is 3. The van der Waals surface area contributed by atoms with E-state index in [1.54, 1.807) is 0 Å². The van der Waals surface area contributed by atoms with Gasteiger partial charge in [-0.05, 0) is 52.0 Å². The maximum absolute atomic E-state index is 5.87. The first kappa shape index (κ1) is 14.6. The van der Waals surface area contributed by atoms with E-state index in [0.717, 1.165) is 17.2 Å². The monoisotopic (exact) mass is 290 g/mol. The van der Waals surface area contributed by atoms with Gasteiger partial charge in [-0.3, -0.25) is 0 Å². The number of benzene rings is 1. The SMILES string of the molecule is Cc1cc(Nc2ccc(Cl)cc2)nc(NC(C)(C)C)n1. The molecule has 0 saturated carbocycles. The van der Waals surface area contributed by atoms with E-state index in [0.29, 0.717) is 11.0 Å². The van der Waals surface area contributed by atoms with Crippen LogP contribution >= 0.6 is 11.6 Å². The lowest BCUT2D eigenvalue weighted by atomic mass is 10.1. The van der Waals surface area contributed by atoms with Gasteiger partial charge in [-0.25, -0.2) is 4.98 Å². The summed E-state index contributed by atoms with van der Waals surface area (Å²) in [7, 11) is 0.